The summed E-state index contributed by atoms with van der Waals surface area (Å²) in [6.07, 6.45) is 2.29. The molecule has 1 aromatic rings. The molecule has 2 unspecified atom stereocenters. The Balaban J connectivity index is 2.34. The van der Waals surface area contributed by atoms with Gasteiger partial charge in [-0.05, 0) is 47.9 Å². The summed E-state index contributed by atoms with van der Waals surface area (Å²) in [5, 5.41) is 8.99. The predicted molar refractivity (Wildman–Crippen MR) is 65.5 cm³/mol. The molecule has 0 heterocycles. The van der Waals surface area contributed by atoms with Crippen molar-refractivity contribution in [3.05, 3.63) is 29.3 Å². The van der Waals surface area contributed by atoms with E-state index in [0.717, 1.165) is 18.6 Å². The number of benzene rings is 1. The summed E-state index contributed by atoms with van der Waals surface area (Å²) >= 11 is 0. The number of carbonyl (C=O) groups is 1. The van der Waals surface area contributed by atoms with Crippen LogP contribution in [0.4, 0.5) is 0 Å². The van der Waals surface area contributed by atoms with Gasteiger partial charge in [0.25, 0.3) is 0 Å². The van der Waals surface area contributed by atoms with Gasteiger partial charge in [0.15, 0.2) is 0 Å². The molecule has 3 heteroatoms. The summed E-state index contributed by atoms with van der Waals surface area (Å²) in [6, 6.07) is 5.99. The first kappa shape index (κ1) is 12.0. The largest absolute Gasteiger partial charge is 0.497 e. The van der Waals surface area contributed by atoms with E-state index in [9.17, 15) is 4.79 Å². The van der Waals surface area contributed by atoms with E-state index in [1.165, 1.54) is 11.1 Å². The molecule has 0 spiro atoms. The highest BCUT2D eigenvalue weighted by atomic mass is 16.5. The third-order valence-corrected chi connectivity index (χ3v) is 3.70. The van der Waals surface area contributed by atoms with Crippen molar-refractivity contribution in [2.24, 2.45) is 5.92 Å². The van der Waals surface area contributed by atoms with E-state index >= 15 is 0 Å². The Labute approximate surface area is 101 Å². The summed E-state index contributed by atoms with van der Waals surface area (Å²) in [5.74, 6) is 0.715. The summed E-state index contributed by atoms with van der Waals surface area (Å²) in [5.41, 5.74) is 2.43. The third-order valence-electron chi connectivity index (χ3n) is 3.70. The second kappa shape index (κ2) is 4.78. The van der Waals surface area contributed by atoms with Crippen LogP contribution in [-0.2, 0) is 11.2 Å². The van der Waals surface area contributed by atoms with E-state index in [0.29, 0.717) is 5.92 Å². The average Bonchev–Trinajstić information content (AvgIpc) is 2.32. The van der Waals surface area contributed by atoms with Gasteiger partial charge < -0.3 is 9.84 Å². The number of carboxylic acids is 1. The van der Waals surface area contributed by atoms with Crippen molar-refractivity contribution in [2.75, 3.05) is 7.11 Å². The van der Waals surface area contributed by atoms with Gasteiger partial charge in [0.2, 0.25) is 0 Å². The fourth-order valence-corrected chi connectivity index (χ4v) is 2.68. The molecule has 0 saturated heterocycles. The van der Waals surface area contributed by atoms with Gasteiger partial charge in [0.05, 0.1) is 13.5 Å². The maximum atomic E-state index is 10.9. The van der Waals surface area contributed by atoms with Crippen LogP contribution in [0.2, 0.25) is 0 Å². The first-order valence-corrected chi connectivity index (χ1v) is 6.00. The smallest absolute Gasteiger partial charge is 0.303 e. The van der Waals surface area contributed by atoms with Gasteiger partial charge in [-0.15, -0.1) is 0 Å². The maximum Gasteiger partial charge on any atom is 0.303 e. The van der Waals surface area contributed by atoms with Crippen LogP contribution in [0.25, 0.3) is 0 Å². The van der Waals surface area contributed by atoms with Gasteiger partial charge in [0.1, 0.15) is 5.75 Å². The van der Waals surface area contributed by atoms with Gasteiger partial charge in [-0.1, -0.05) is 13.0 Å². The molecular weight excluding hydrogens is 216 g/mol. The van der Waals surface area contributed by atoms with Crippen LogP contribution in [0.3, 0.4) is 0 Å². The van der Waals surface area contributed by atoms with Gasteiger partial charge in [-0.25, -0.2) is 0 Å². The topological polar surface area (TPSA) is 46.5 Å². The Morgan fingerprint density at radius 2 is 2.29 bits per heavy atom. The van der Waals surface area contributed by atoms with E-state index in [1.807, 2.05) is 18.2 Å². The number of ether oxygens (including phenoxy) is 1. The zero-order valence-electron chi connectivity index (χ0n) is 10.3. The molecule has 0 radical (unpaired) electrons. The van der Waals surface area contributed by atoms with Gasteiger partial charge in [-0.3, -0.25) is 4.79 Å². The number of rotatable bonds is 3. The summed E-state index contributed by atoms with van der Waals surface area (Å²) in [4.78, 5) is 10.9. The molecule has 1 aliphatic carbocycles. The molecule has 17 heavy (non-hydrogen) atoms. The Morgan fingerprint density at radius 3 is 2.94 bits per heavy atom. The third kappa shape index (κ3) is 2.43. The monoisotopic (exact) mass is 234 g/mol. The molecule has 1 N–H and O–H groups in total. The zero-order valence-corrected chi connectivity index (χ0v) is 10.3. The van der Waals surface area contributed by atoms with E-state index in [2.05, 4.69) is 6.92 Å². The number of hydrogen-bond donors (Lipinski definition) is 1. The normalized spacial score (nSPS) is 22.9. The molecule has 1 aromatic carbocycles. The average molecular weight is 234 g/mol. The minimum atomic E-state index is -0.717. The number of aryl methyl sites for hydroxylation is 1. The number of aliphatic carboxylic acids is 1. The minimum Gasteiger partial charge on any atom is -0.497 e. The lowest BCUT2D eigenvalue weighted by Gasteiger charge is -2.30. The predicted octanol–water partition coefficient (Wildman–Crippen LogP) is 2.84. The molecule has 92 valence electrons. The van der Waals surface area contributed by atoms with Crippen molar-refractivity contribution in [3.8, 4) is 5.75 Å². The first-order chi connectivity index (χ1) is 8.11. The van der Waals surface area contributed by atoms with Gasteiger partial charge in [-0.2, -0.15) is 0 Å². The minimum absolute atomic E-state index is 0.141. The van der Waals surface area contributed by atoms with Crippen LogP contribution >= 0.6 is 0 Å². The standard InChI is InChI=1S/C14H18O3/c1-9-3-4-10-7-11(17-2)5-6-12(10)13(9)8-14(15)16/h5-7,9,13H,3-4,8H2,1-2H3,(H,15,16). The molecule has 0 bridgehead atoms. The molecule has 0 amide bonds. The lowest BCUT2D eigenvalue weighted by molar-refractivity contribution is -0.137. The second-order valence-corrected chi connectivity index (χ2v) is 4.79. The van der Waals surface area contributed by atoms with Crippen LogP contribution in [0.1, 0.15) is 36.8 Å². The van der Waals surface area contributed by atoms with Crippen LogP contribution < -0.4 is 4.74 Å². The molecule has 0 aromatic heterocycles. The lowest BCUT2D eigenvalue weighted by Crippen LogP contribution is -2.21. The number of carboxylic acid groups (broad SMARTS) is 1. The van der Waals surface area contributed by atoms with Crippen LogP contribution in [0.15, 0.2) is 18.2 Å². The van der Waals surface area contributed by atoms with Crippen molar-refractivity contribution in [1.29, 1.82) is 0 Å². The molecule has 2 rings (SSSR count). The SMILES string of the molecule is COc1ccc2c(c1)CCC(C)C2CC(=O)O. The summed E-state index contributed by atoms with van der Waals surface area (Å²) < 4.78 is 5.21. The summed E-state index contributed by atoms with van der Waals surface area (Å²) in [6.45, 7) is 2.14. The number of fused-ring (bicyclic) bond motifs is 1. The molecule has 2 atom stereocenters. The van der Waals surface area contributed by atoms with E-state index in [-0.39, 0.29) is 12.3 Å². The Hall–Kier alpha value is -1.51. The zero-order chi connectivity index (χ0) is 12.4. The van der Waals surface area contributed by atoms with Crippen LogP contribution in [-0.4, -0.2) is 18.2 Å². The highest BCUT2D eigenvalue weighted by molar-refractivity contribution is 5.68. The van der Waals surface area contributed by atoms with Gasteiger partial charge in [0, 0.05) is 0 Å². The molecule has 1 aliphatic rings. The fraction of sp³-hybridized carbons (Fsp3) is 0.500. The summed E-state index contributed by atoms with van der Waals surface area (Å²) in [7, 11) is 1.65. The van der Waals surface area contributed by atoms with Crippen LogP contribution in [0, 0.1) is 5.92 Å². The highest BCUT2D eigenvalue weighted by Gasteiger charge is 2.28. The molecule has 3 nitrogen and oxygen atoms in total. The first-order valence-electron chi connectivity index (χ1n) is 6.00. The van der Waals surface area contributed by atoms with Crippen LogP contribution in [0.5, 0.6) is 5.75 Å². The van der Waals surface area contributed by atoms with Crippen molar-refractivity contribution >= 4 is 5.97 Å². The molecule has 0 saturated carbocycles. The van der Waals surface area contributed by atoms with E-state index in [1.54, 1.807) is 7.11 Å². The fourth-order valence-electron chi connectivity index (χ4n) is 2.68. The van der Waals surface area contributed by atoms with Crippen molar-refractivity contribution < 1.29 is 14.6 Å². The Morgan fingerprint density at radius 1 is 1.53 bits per heavy atom. The Kier molecular flexibility index (Phi) is 3.36. The van der Waals surface area contributed by atoms with Crippen molar-refractivity contribution in [1.82, 2.24) is 0 Å². The van der Waals surface area contributed by atoms with Crippen molar-refractivity contribution in [3.63, 3.8) is 0 Å². The van der Waals surface area contributed by atoms with E-state index < -0.39 is 5.97 Å². The number of methoxy groups -OCH3 is 1. The maximum absolute atomic E-state index is 10.9. The van der Waals surface area contributed by atoms with E-state index in [4.69, 9.17) is 9.84 Å². The quantitative estimate of drug-likeness (QED) is 0.874. The molecular formula is C14H18O3. The number of hydrogen-bond acceptors (Lipinski definition) is 2. The Bertz CT molecular complexity index is 425. The highest BCUT2D eigenvalue weighted by Crippen LogP contribution is 2.39. The van der Waals surface area contributed by atoms with Crippen molar-refractivity contribution in [2.45, 2.75) is 32.1 Å². The second-order valence-electron chi connectivity index (χ2n) is 4.79. The molecule has 0 aliphatic heterocycles. The van der Waals surface area contributed by atoms with Gasteiger partial charge >= 0.3 is 5.97 Å². The molecule has 0 fully saturated rings. The lowest BCUT2D eigenvalue weighted by atomic mass is 9.74.